The van der Waals surface area contributed by atoms with Gasteiger partial charge in [0, 0.05) is 13.1 Å². The Kier molecular flexibility index (Phi) is 4.45. The van der Waals surface area contributed by atoms with E-state index in [0.717, 1.165) is 11.8 Å². The zero-order chi connectivity index (χ0) is 16.4. The van der Waals surface area contributed by atoms with E-state index in [-0.39, 0.29) is 5.91 Å². The fourth-order valence-electron chi connectivity index (χ4n) is 2.90. The molecule has 0 bridgehead atoms. The van der Waals surface area contributed by atoms with E-state index in [1.54, 1.807) is 0 Å². The summed E-state index contributed by atoms with van der Waals surface area (Å²) < 4.78 is 35.6. The second-order valence-electron chi connectivity index (χ2n) is 5.73. The number of carbonyl (C=O) groups is 1. The molecule has 1 atom stereocenters. The van der Waals surface area contributed by atoms with Crippen LogP contribution in [0.4, 0.5) is 0 Å². The normalized spacial score (nSPS) is 21.2. The number of benzene rings is 1. The van der Waals surface area contributed by atoms with Crippen LogP contribution in [-0.4, -0.2) is 50.7 Å². The molecule has 23 heavy (non-hydrogen) atoms. The predicted molar refractivity (Wildman–Crippen MR) is 83.9 cm³/mol. The summed E-state index contributed by atoms with van der Waals surface area (Å²) in [5, 5.41) is 2.81. The van der Waals surface area contributed by atoms with Crippen LogP contribution in [0.1, 0.15) is 18.4 Å². The molecule has 3 rings (SSSR count). The maximum atomic E-state index is 12.3. The van der Waals surface area contributed by atoms with E-state index < -0.39 is 16.1 Å². The lowest BCUT2D eigenvalue weighted by atomic mass is 10.1. The summed E-state index contributed by atoms with van der Waals surface area (Å²) in [6.45, 7) is 1.77. The summed E-state index contributed by atoms with van der Waals surface area (Å²) in [5.74, 6) is 1.11. The Balaban J connectivity index is 1.63. The highest BCUT2D eigenvalue weighted by Gasteiger charge is 2.36. The van der Waals surface area contributed by atoms with Gasteiger partial charge in [-0.1, -0.05) is 6.07 Å². The standard InChI is InChI=1S/C15H20N2O5S/c1-23(19,20)17-6-2-3-12(17)15(18)16-10-11-4-5-13-14(9-11)22-8-7-21-13/h4-5,9,12H,2-3,6-8,10H2,1H3,(H,16,18)/t12-/m1/s1. The number of hydrogen-bond donors (Lipinski definition) is 1. The van der Waals surface area contributed by atoms with Crippen molar-refractivity contribution in [2.24, 2.45) is 0 Å². The van der Waals surface area contributed by atoms with E-state index >= 15 is 0 Å². The van der Waals surface area contributed by atoms with E-state index in [1.807, 2.05) is 18.2 Å². The van der Waals surface area contributed by atoms with Gasteiger partial charge in [0.25, 0.3) is 0 Å². The molecule has 2 aliphatic heterocycles. The smallest absolute Gasteiger partial charge is 0.238 e. The summed E-state index contributed by atoms with van der Waals surface area (Å²) >= 11 is 0. The molecule has 0 aromatic heterocycles. The van der Waals surface area contributed by atoms with E-state index in [4.69, 9.17) is 9.47 Å². The monoisotopic (exact) mass is 340 g/mol. The lowest BCUT2D eigenvalue weighted by Crippen LogP contribution is -2.45. The molecule has 1 amide bonds. The number of sulfonamides is 1. The molecule has 0 unspecified atom stereocenters. The van der Waals surface area contributed by atoms with Crippen LogP contribution < -0.4 is 14.8 Å². The van der Waals surface area contributed by atoms with Gasteiger partial charge in [0.05, 0.1) is 6.26 Å². The van der Waals surface area contributed by atoms with Crippen LogP contribution in [0.2, 0.25) is 0 Å². The van der Waals surface area contributed by atoms with Gasteiger partial charge < -0.3 is 14.8 Å². The Morgan fingerprint density at radius 3 is 2.78 bits per heavy atom. The summed E-state index contributed by atoms with van der Waals surface area (Å²) in [5.41, 5.74) is 0.881. The van der Waals surface area contributed by atoms with Crippen molar-refractivity contribution in [1.29, 1.82) is 0 Å². The molecule has 1 saturated heterocycles. The fourth-order valence-corrected chi connectivity index (χ4v) is 4.03. The zero-order valence-electron chi connectivity index (χ0n) is 12.9. The van der Waals surface area contributed by atoms with Gasteiger partial charge in [-0.25, -0.2) is 8.42 Å². The molecular formula is C15H20N2O5S. The second kappa shape index (κ2) is 6.37. The Labute approximate surface area is 135 Å². The first-order valence-corrected chi connectivity index (χ1v) is 9.43. The molecule has 0 saturated carbocycles. The molecule has 1 N–H and O–H groups in total. The third-order valence-corrected chi connectivity index (χ3v) is 5.29. The van der Waals surface area contributed by atoms with E-state index in [2.05, 4.69) is 5.32 Å². The van der Waals surface area contributed by atoms with Crippen LogP contribution in [-0.2, 0) is 21.4 Å². The molecule has 2 aliphatic rings. The molecular weight excluding hydrogens is 320 g/mol. The quantitative estimate of drug-likeness (QED) is 0.863. The summed E-state index contributed by atoms with van der Waals surface area (Å²) in [4.78, 5) is 12.3. The van der Waals surface area contributed by atoms with Gasteiger partial charge in [0.1, 0.15) is 19.3 Å². The molecule has 126 valence electrons. The highest BCUT2D eigenvalue weighted by Crippen LogP contribution is 2.30. The largest absolute Gasteiger partial charge is 0.486 e. The van der Waals surface area contributed by atoms with Gasteiger partial charge in [0.2, 0.25) is 15.9 Å². The number of rotatable bonds is 4. The van der Waals surface area contributed by atoms with Crippen LogP contribution in [0, 0.1) is 0 Å². The average molecular weight is 340 g/mol. The third kappa shape index (κ3) is 3.59. The van der Waals surface area contributed by atoms with Crippen molar-refractivity contribution in [2.75, 3.05) is 26.0 Å². The van der Waals surface area contributed by atoms with Gasteiger partial charge in [0.15, 0.2) is 11.5 Å². The SMILES string of the molecule is CS(=O)(=O)N1CCC[C@@H]1C(=O)NCc1ccc2c(c1)OCCO2. The lowest BCUT2D eigenvalue weighted by molar-refractivity contribution is -0.124. The van der Waals surface area contributed by atoms with Crippen molar-refractivity contribution in [2.45, 2.75) is 25.4 Å². The molecule has 7 nitrogen and oxygen atoms in total. The summed E-state index contributed by atoms with van der Waals surface area (Å²) in [7, 11) is -3.36. The number of fused-ring (bicyclic) bond motifs is 1. The highest BCUT2D eigenvalue weighted by atomic mass is 32.2. The van der Waals surface area contributed by atoms with Crippen LogP contribution in [0.15, 0.2) is 18.2 Å². The lowest BCUT2D eigenvalue weighted by Gasteiger charge is -2.22. The minimum atomic E-state index is -3.36. The minimum Gasteiger partial charge on any atom is -0.486 e. The Bertz CT molecular complexity index is 704. The van der Waals surface area contributed by atoms with Crippen molar-refractivity contribution in [3.63, 3.8) is 0 Å². The first kappa shape index (κ1) is 16.1. The molecule has 8 heteroatoms. The topological polar surface area (TPSA) is 84.9 Å². The van der Waals surface area contributed by atoms with Gasteiger partial charge in [-0.2, -0.15) is 4.31 Å². The average Bonchev–Trinajstić information content (AvgIpc) is 3.02. The summed E-state index contributed by atoms with van der Waals surface area (Å²) in [6.07, 6.45) is 2.40. The van der Waals surface area contributed by atoms with Crippen molar-refractivity contribution < 1.29 is 22.7 Å². The number of carbonyl (C=O) groups excluding carboxylic acids is 1. The summed E-state index contributed by atoms with van der Waals surface area (Å²) in [6, 6.07) is 4.89. The van der Waals surface area contributed by atoms with Gasteiger partial charge >= 0.3 is 0 Å². The van der Waals surface area contributed by atoms with Crippen molar-refractivity contribution in [3.05, 3.63) is 23.8 Å². The molecule has 2 heterocycles. The van der Waals surface area contributed by atoms with Gasteiger partial charge in [-0.05, 0) is 30.5 Å². The van der Waals surface area contributed by atoms with Gasteiger partial charge in [-0.3, -0.25) is 4.79 Å². The molecule has 1 aromatic rings. The third-order valence-electron chi connectivity index (χ3n) is 4.01. The first-order valence-electron chi connectivity index (χ1n) is 7.58. The maximum absolute atomic E-state index is 12.3. The van der Waals surface area contributed by atoms with Gasteiger partial charge in [-0.15, -0.1) is 0 Å². The highest BCUT2D eigenvalue weighted by molar-refractivity contribution is 7.88. The van der Waals surface area contributed by atoms with Crippen molar-refractivity contribution >= 4 is 15.9 Å². The number of amides is 1. The Morgan fingerprint density at radius 1 is 1.30 bits per heavy atom. The Hall–Kier alpha value is -1.80. The number of hydrogen-bond acceptors (Lipinski definition) is 5. The first-order chi connectivity index (χ1) is 10.9. The van der Waals surface area contributed by atoms with Crippen LogP contribution in [0.3, 0.4) is 0 Å². The zero-order valence-corrected chi connectivity index (χ0v) is 13.8. The van der Waals surface area contributed by atoms with Crippen LogP contribution >= 0.6 is 0 Å². The molecule has 0 spiro atoms. The molecule has 1 fully saturated rings. The van der Waals surface area contributed by atoms with E-state index in [9.17, 15) is 13.2 Å². The van der Waals surface area contributed by atoms with Crippen LogP contribution in [0.25, 0.3) is 0 Å². The minimum absolute atomic E-state index is 0.261. The van der Waals surface area contributed by atoms with Crippen molar-refractivity contribution in [3.8, 4) is 11.5 Å². The van der Waals surface area contributed by atoms with Crippen LogP contribution in [0.5, 0.6) is 11.5 Å². The number of nitrogens with one attached hydrogen (secondary N) is 1. The number of ether oxygens (including phenoxy) is 2. The molecule has 1 aromatic carbocycles. The van der Waals surface area contributed by atoms with Crippen molar-refractivity contribution in [1.82, 2.24) is 9.62 Å². The van der Waals surface area contributed by atoms with E-state index in [1.165, 1.54) is 4.31 Å². The Morgan fingerprint density at radius 2 is 2.04 bits per heavy atom. The fraction of sp³-hybridized carbons (Fsp3) is 0.533. The molecule has 0 aliphatic carbocycles. The number of nitrogens with zero attached hydrogens (tertiary/aromatic N) is 1. The maximum Gasteiger partial charge on any atom is 0.238 e. The van der Waals surface area contributed by atoms with E-state index in [0.29, 0.717) is 50.6 Å². The predicted octanol–water partition coefficient (Wildman–Crippen LogP) is 0.498. The second-order valence-corrected chi connectivity index (χ2v) is 7.66. The molecule has 0 radical (unpaired) electrons.